The van der Waals surface area contributed by atoms with Gasteiger partial charge in [0.1, 0.15) is 6.29 Å². The minimum absolute atomic E-state index is 0.00703. The third-order valence-electron chi connectivity index (χ3n) is 9.73. The summed E-state index contributed by atoms with van der Waals surface area (Å²) < 4.78 is 13.6. The van der Waals surface area contributed by atoms with Crippen molar-refractivity contribution in [1.29, 1.82) is 0 Å². The zero-order chi connectivity index (χ0) is 32.7. The van der Waals surface area contributed by atoms with Crippen LogP contribution in [0, 0.1) is 29.6 Å². The summed E-state index contributed by atoms with van der Waals surface area (Å²) in [6.07, 6.45) is 5.03. The molecule has 1 amide bonds. The molecule has 0 aliphatic heterocycles. The first-order valence-corrected chi connectivity index (χ1v) is 21.2. The molecule has 41 heavy (non-hydrogen) atoms. The highest BCUT2D eigenvalue weighted by atomic mass is 28.4. The fraction of sp³-hybridized carbons (Fsp3) is 0.818. The molecule has 8 atom stereocenters. The molecule has 4 unspecified atom stereocenters. The average Bonchev–Trinajstić information content (AvgIpc) is 2.85. The van der Waals surface area contributed by atoms with E-state index in [4.69, 9.17) is 8.85 Å². The lowest BCUT2D eigenvalue weighted by molar-refractivity contribution is -0.140. The number of carbonyl (C=O) groups excluding carboxylic acids is 2. The Kier molecular flexibility index (Phi) is 15.2. The Morgan fingerprint density at radius 3 is 1.71 bits per heavy atom. The highest BCUT2D eigenvalue weighted by Gasteiger charge is 2.45. The minimum atomic E-state index is -2.26. The van der Waals surface area contributed by atoms with Crippen LogP contribution in [-0.4, -0.2) is 70.7 Å². The van der Waals surface area contributed by atoms with Gasteiger partial charge in [-0.05, 0) is 42.2 Å². The van der Waals surface area contributed by atoms with Gasteiger partial charge in [0, 0.05) is 31.3 Å². The minimum Gasteiger partial charge on any atom is -0.413 e. The maximum atomic E-state index is 14.0. The van der Waals surface area contributed by atoms with Crippen LogP contribution in [0.3, 0.4) is 0 Å². The number of hydrogen-bond acceptors (Lipinski definition) is 5. The van der Waals surface area contributed by atoms with Gasteiger partial charge < -0.3 is 23.7 Å². The number of amides is 1. The topological polar surface area (TPSA) is 76.1 Å². The first-order chi connectivity index (χ1) is 18.4. The second kappa shape index (κ2) is 15.6. The molecule has 0 aliphatic rings. The van der Waals surface area contributed by atoms with E-state index in [9.17, 15) is 14.7 Å². The molecule has 0 aromatic carbocycles. The molecular weight excluding hydrogens is 547 g/mol. The maximum absolute atomic E-state index is 14.0. The molecule has 0 saturated heterocycles. The second-order valence-electron chi connectivity index (χ2n) is 15.5. The van der Waals surface area contributed by atoms with Gasteiger partial charge in [0.15, 0.2) is 16.6 Å². The monoisotopic (exact) mass is 611 g/mol. The third kappa shape index (κ3) is 11.2. The summed E-state index contributed by atoms with van der Waals surface area (Å²) in [5.74, 6) is -1.22. The van der Waals surface area contributed by atoms with Crippen molar-refractivity contribution < 1.29 is 23.5 Å². The number of carbonyl (C=O) groups is 2. The standard InChI is InChI=1S/C33H65NO5Si2/c1-18-19-20-23(2)28(36)26(5)30(39-41(16,17)33(10,11)12)27(6)31(37)34(13)21-24(3)29(25(4)22-35)38-40(14,15)32(7,8)9/h18-20,22-30,36H,1,21H2,2-17H3/t23-,24-,25-,26?,27?,28?,29+,30?/m0/s1. The van der Waals surface area contributed by atoms with Crippen molar-refractivity contribution in [3.8, 4) is 0 Å². The normalized spacial score (nSPS) is 19.5. The highest BCUT2D eigenvalue weighted by Crippen LogP contribution is 2.41. The van der Waals surface area contributed by atoms with Crippen molar-refractivity contribution in [2.45, 2.75) is 131 Å². The predicted octanol–water partition coefficient (Wildman–Crippen LogP) is 7.71. The molecule has 6 nitrogen and oxygen atoms in total. The molecule has 0 spiro atoms. The number of aldehydes is 1. The number of nitrogens with zero attached hydrogens (tertiary/aromatic N) is 1. The van der Waals surface area contributed by atoms with Gasteiger partial charge in [-0.2, -0.15) is 0 Å². The molecular formula is C33H65NO5Si2. The first kappa shape index (κ1) is 39.9. The largest absolute Gasteiger partial charge is 0.413 e. The molecule has 0 aromatic heterocycles. The fourth-order valence-corrected chi connectivity index (χ4v) is 7.61. The van der Waals surface area contributed by atoms with E-state index in [0.717, 1.165) is 6.29 Å². The Labute approximate surface area is 255 Å². The molecule has 0 bridgehead atoms. The molecule has 0 aromatic rings. The summed E-state index contributed by atoms with van der Waals surface area (Å²) in [7, 11) is -2.58. The lowest BCUT2D eigenvalue weighted by Gasteiger charge is -2.45. The van der Waals surface area contributed by atoms with Crippen LogP contribution in [0.4, 0.5) is 0 Å². The van der Waals surface area contributed by atoms with Crippen LogP contribution in [0.2, 0.25) is 36.3 Å². The van der Waals surface area contributed by atoms with Crippen LogP contribution >= 0.6 is 0 Å². The highest BCUT2D eigenvalue weighted by molar-refractivity contribution is 6.74. The van der Waals surface area contributed by atoms with E-state index in [1.165, 1.54) is 0 Å². The van der Waals surface area contributed by atoms with E-state index >= 15 is 0 Å². The van der Waals surface area contributed by atoms with E-state index in [1.54, 1.807) is 11.0 Å². The van der Waals surface area contributed by atoms with Crippen molar-refractivity contribution in [3.63, 3.8) is 0 Å². The van der Waals surface area contributed by atoms with Crippen LogP contribution < -0.4 is 0 Å². The summed E-state index contributed by atoms with van der Waals surface area (Å²) in [6.45, 7) is 35.9. The van der Waals surface area contributed by atoms with Gasteiger partial charge in [0.25, 0.3) is 0 Å². The Morgan fingerprint density at radius 1 is 0.878 bits per heavy atom. The van der Waals surface area contributed by atoms with Crippen LogP contribution in [0.25, 0.3) is 0 Å². The molecule has 8 heteroatoms. The molecule has 240 valence electrons. The lowest BCUT2D eigenvalue weighted by Crippen LogP contribution is -2.53. The quantitative estimate of drug-likeness (QED) is 0.110. The van der Waals surface area contributed by atoms with Crippen molar-refractivity contribution in [2.24, 2.45) is 29.6 Å². The number of hydrogen-bond donors (Lipinski definition) is 1. The van der Waals surface area contributed by atoms with E-state index in [2.05, 4.69) is 81.2 Å². The zero-order valence-corrected chi connectivity index (χ0v) is 31.4. The number of aliphatic hydroxyl groups excluding tert-OH is 1. The first-order valence-electron chi connectivity index (χ1n) is 15.4. The smallest absolute Gasteiger partial charge is 0.227 e. The van der Waals surface area contributed by atoms with Crippen LogP contribution in [0.5, 0.6) is 0 Å². The summed E-state index contributed by atoms with van der Waals surface area (Å²) in [6, 6.07) is 0. The Hall–Kier alpha value is -1.07. The van der Waals surface area contributed by atoms with Gasteiger partial charge in [-0.1, -0.05) is 101 Å². The molecule has 0 aliphatic carbocycles. The van der Waals surface area contributed by atoms with E-state index in [1.807, 2.05) is 46.9 Å². The van der Waals surface area contributed by atoms with E-state index in [0.29, 0.717) is 6.54 Å². The molecule has 0 rings (SSSR count). The average molecular weight is 612 g/mol. The summed E-state index contributed by atoms with van der Waals surface area (Å²) in [4.78, 5) is 27.6. The zero-order valence-electron chi connectivity index (χ0n) is 29.4. The lowest BCUT2D eigenvalue weighted by atomic mass is 9.83. The van der Waals surface area contributed by atoms with Gasteiger partial charge in [-0.3, -0.25) is 4.79 Å². The summed E-state index contributed by atoms with van der Waals surface area (Å²) in [5.41, 5.74) is 0. The van der Waals surface area contributed by atoms with Crippen molar-refractivity contribution in [3.05, 3.63) is 24.8 Å². The van der Waals surface area contributed by atoms with Gasteiger partial charge in [-0.25, -0.2) is 0 Å². The SMILES string of the molecule is C=CC=C[C@H](C)C(O)C(C)C(O[Si](C)(C)C(C)(C)C)C(C)C(=O)N(C)C[C@H](C)[C@@H](O[Si](C)(C)C(C)(C)C)[C@@H](C)C=O. The van der Waals surface area contributed by atoms with Crippen LogP contribution in [0.15, 0.2) is 24.8 Å². The van der Waals surface area contributed by atoms with Crippen molar-refractivity contribution in [2.75, 3.05) is 13.6 Å². The summed E-state index contributed by atoms with van der Waals surface area (Å²) >= 11 is 0. The Bertz CT molecular complexity index is 874. The third-order valence-corrected chi connectivity index (χ3v) is 18.7. The Balaban J connectivity index is 6.19. The second-order valence-corrected chi connectivity index (χ2v) is 25.0. The number of allylic oxidation sites excluding steroid dienone is 2. The van der Waals surface area contributed by atoms with E-state index in [-0.39, 0.29) is 45.8 Å². The van der Waals surface area contributed by atoms with Gasteiger partial charge in [-0.15, -0.1) is 0 Å². The molecule has 0 radical (unpaired) electrons. The van der Waals surface area contributed by atoms with E-state index < -0.39 is 34.8 Å². The number of aliphatic hydroxyl groups is 1. The molecule has 0 heterocycles. The summed E-state index contributed by atoms with van der Waals surface area (Å²) in [5, 5.41) is 11.3. The van der Waals surface area contributed by atoms with Gasteiger partial charge in [0.05, 0.1) is 24.2 Å². The molecule has 0 saturated carbocycles. The number of rotatable bonds is 16. The predicted molar refractivity (Wildman–Crippen MR) is 179 cm³/mol. The maximum Gasteiger partial charge on any atom is 0.227 e. The van der Waals surface area contributed by atoms with Crippen molar-refractivity contribution in [1.82, 2.24) is 4.90 Å². The molecule has 0 fully saturated rings. The molecule has 1 N–H and O–H groups in total. The fourth-order valence-electron chi connectivity index (χ4n) is 4.67. The van der Waals surface area contributed by atoms with Crippen LogP contribution in [-0.2, 0) is 18.4 Å². The van der Waals surface area contributed by atoms with Gasteiger partial charge in [0.2, 0.25) is 5.91 Å². The van der Waals surface area contributed by atoms with Crippen LogP contribution in [0.1, 0.15) is 76.2 Å². The van der Waals surface area contributed by atoms with Crippen molar-refractivity contribution >= 4 is 28.8 Å². The van der Waals surface area contributed by atoms with Gasteiger partial charge >= 0.3 is 0 Å². The Morgan fingerprint density at radius 2 is 1.32 bits per heavy atom.